The van der Waals surface area contributed by atoms with Gasteiger partial charge < -0.3 is 0 Å². The molecule has 1 aromatic rings. The van der Waals surface area contributed by atoms with E-state index in [-0.39, 0.29) is 21.6 Å². The van der Waals surface area contributed by atoms with E-state index in [1.54, 1.807) is 19.1 Å². The molecule has 1 aromatic carbocycles. The van der Waals surface area contributed by atoms with Crippen LogP contribution in [0, 0.1) is 5.92 Å². The van der Waals surface area contributed by atoms with Crippen LogP contribution in [0.3, 0.4) is 0 Å². The summed E-state index contributed by atoms with van der Waals surface area (Å²) in [6.07, 6.45) is 0.636. The minimum atomic E-state index is -3.63. The molecule has 0 saturated carbocycles. The normalized spacial score (nSPS) is 13.4. The molecule has 0 radical (unpaired) electrons. The van der Waals surface area contributed by atoms with Crippen molar-refractivity contribution in [2.24, 2.45) is 5.92 Å². The Bertz CT molecular complexity index is 508. The highest BCUT2D eigenvalue weighted by Crippen LogP contribution is 2.22. The number of hydrogen-bond acceptors (Lipinski definition) is 3. The van der Waals surface area contributed by atoms with Crippen LogP contribution in [0.2, 0.25) is 5.02 Å². The number of carbonyl (C=O) groups is 1. The molecular weight excluding hydrogens is 260 g/mol. The fourth-order valence-corrected chi connectivity index (χ4v) is 3.29. The van der Waals surface area contributed by atoms with Gasteiger partial charge in [-0.1, -0.05) is 37.6 Å². The SMILES string of the molecule is CCC(C)C(=O)CS(=O)(=O)c1ccccc1Cl. The molecular formula is C12H15ClO3S. The van der Waals surface area contributed by atoms with E-state index in [9.17, 15) is 13.2 Å². The highest BCUT2D eigenvalue weighted by atomic mass is 35.5. The molecule has 0 aliphatic heterocycles. The van der Waals surface area contributed by atoms with Crippen molar-refractivity contribution >= 4 is 27.2 Å². The van der Waals surface area contributed by atoms with Crippen LogP contribution in [0.4, 0.5) is 0 Å². The second-order valence-electron chi connectivity index (χ2n) is 3.97. The molecule has 3 nitrogen and oxygen atoms in total. The van der Waals surface area contributed by atoms with Gasteiger partial charge in [0.2, 0.25) is 0 Å². The molecule has 0 saturated heterocycles. The van der Waals surface area contributed by atoms with Gasteiger partial charge in [0.15, 0.2) is 15.6 Å². The van der Waals surface area contributed by atoms with E-state index in [2.05, 4.69) is 0 Å². The number of sulfone groups is 1. The lowest BCUT2D eigenvalue weighted by molar-refractivity contribution is -0.119. The van der Waals surface area contributed by atoms with Crippen LogP contribution in [0.15, 0.2) is 29.2 Å². The van der Waals surface area contributed by atoms with Gasteiger partial charge in [-0.05, 0) is 18.6 Å². The summed E-state index contributed by atoms with van der Waals surface area (Å²) in [5.74, 6) is -0.995. The summed E-state index contributed by atoms with van der Waals surface area (Å²) in [6.45, 7) is 3.58. The Balaban J connectivity index is 2.98. The third-order valence-corrected chi connectivity index (χ3v) is 4.80. The van der Waals surface area contributed by atoms with E-state index < -0.39 is 15.6 Å². The van der Waals surface area contributed by atoms with Crippen molar-refractivity contribution in [2.75, 3.05) is 5.75 Å². The third-order valence-electron chi connectivity index (χ3n) is 2.67. The van der Waals surface area contributed by atoms with Gasteiger partial charge in [-0.25, -0.2) is 8.42 Å². The van der Waals surface area contributed by atoms with E-state index in [1.165, 1.54) is 12.1 Å². The van der Waals surface area contributed by atoms with Gasteiger partial charge in [-0.2, -0.15) is 0 Å². The van der Waals surface area contributed by atoms with Crippen LogP contribution < -0.4 is 0 Å². The summed E-state index contributed by atoms with van der Waals surface area (Å²) < 4.78 is 24.0. The average molecular weight is 275 g/mol. The minimum absolute atomic E-state index is 0.0262. The summed E-state index contributed by atoms with van der Waals surface area (Å²) in [6, 6.07) is 6.16. The van der Waals surface area contributed by atoms with Gasteiger partial charge >= 0.3 is 0 Å². The minimum Gasteiger partial charge on any atom is -0.298 e. The van der Waals surface area contributed by atoms with Crippen molar-refractivity contribution in [3.63, 3.8) is 0 Å². The van der Waals surface area contributed by atoms with Gasteiger partial charge in [0.05, 0.1) is 9.92 Å². The molecule has 1 unspecified atom stereocenters. The largest absolute Gasteiger partial charge is 0.298 e. The van der Waals surface area contributed by atoms with Crippen molar-refractivity contribution in [1.29, 1.82) is 0 Å². The monoisotopic (exact) mass is 274 g/mol. The van der Waals surface area contributed by atoms with E-state index in [4.69, 9.17) is 11.6 Å². The summed E-state index contributed by atoms with van der Waals surface area (Å²) in [5, 5.41) is 0.157. The van der Waals surface area contributed by atoms with Crippen LogP contribution in [0.25, 0.3) is 0 Å². The fourth-order valence-electron chi connectivity index (χ4n) is 1.33. The summed E-state index contributed by atoms with van der Waals surface area (Å²) >= 11 is 5.82. The number of benzene rings is 1. The predicted octanol–water partition coefficient (Wildman–Crippen LogP) is 2.73. The Morgan fingerprint density at radius 2 is 1.94 bits per heavy atom. The zero-order chi connectivity index (χ0) is 13.1. The first-order valence-electron chi connectivity index (χ1n) is 5.38. The summed E-state index contributed by atoms with van der Waals surface area (Å²) in [4.78, 5) is 11.7. The Kier molecular flexibility index (Phi) is 4.71. The van der Waals surface area contributed by atoms with Gasteiger partial charge in [0.25, 0.3) is 0 Å². The van der Waals surface area contributed by atoms with Crippen LogP contribution in [0.1, 0.15) is 20.3 Å². The number of carbonyl (C=O) groups excluding carboxylic acids is 1. The molecule has 0 bridgehead atoms. The summed E-state index contributed by atoms with van der Waals surface area (Å²) in [7, 11) is -3.63. The van der Waals surface area contributed by atoms with Crippen molar-refractivity contribution in [3.05, 3.63) is 29.3 Å². The molecule has 1 atom stereocenters. The van der Waals surface area contributed by atoms with Crippen molar-refractivity contribution < 1.29 is 13.2 Å². The number of ketones is 1. The smallest absolute Gasteiger partial charge is 0.186 e. The number of rotatable bonds is 5. The van der Waals surface area contributed by atoms with Crippen LogP contribution in [0.5, 0.6) is 0 Å². The van der Waals surface area contributed by atoms with E-state index in [1.807, 2.05) is 6.92 Å². The molecule has 0 N–H and O–H groups in total. The zero-order valence-corrected chi connectivity index (χ0v) is 11.4. The van der Waals surface area contributed by atoms with Gasteiger partial charge in [-0.15, -0.1) is 0 Å². The van der Waals surface area contributed by atoms with Gasteiger partial charge in [0, 0.05) is 5.92 Å². The van der Waals surface area contributed by atoms with Gasteiger partial charge in [-0.3, -0.25) is 4.79 Å². The molecule has 0 aromatic heterocycles. The maximum absolute atomic E-state index is 12.0. The molecule has 0 amide bonds. The molecule has 0 spiro atoms. The molecule has 17 heavy (non-hydrogen) atoms. The molecule has 0 fully saturated rings. The number of halogens is 1. The molecule has 0 heterocycles. The Morgan fingerprint density at radius 3 is 2.47 bits per heavy atom. The maximum Gasteiger partial charge on any atom is 0.186 e. The molecule has 5 heteroatoms. The van der Waals surface area contributed by atoms with Crippen molar-refractivity contribution in [2.45, 2.75) is 25.2 Å². The molecule has 94 valence electrons. The van der Waals surface area contributed by atoms with E-state index in [0.717, 1.165) is 0 Å². The van der Waals surface area contributed by atoms with Crippen molar-refractivity contribution in [3.8, 4) is 0 Å². The van der Waals surface area contributed by atoms with E-state index in [0.29, 0.717) is 6.42 Å². The first kappa shape index (κ1) is 14.2. The highest BCUT2D eigenvalue weighted by Gasteiger charge is 2.23. The Morgan fingerprint density at radius 1 is 1.35 bits per heavy atom. The topological polar surface area (TPSA) is 51.2 Å². The Hall–Kier alpha value is -0.870. The second-order valence-corrected chi connectivity index (χ2v) is 6.33. The highest BCUT2D eigenvalue weighted by molar-refractivity contribution is 7.92. The van der Waals surface area contributed by atoms with Crippen LogP contribution in [-0.2, 0) is 14.6 Å². The van der Waals surface area contributed by atoms with Crippen LogP contribution in [-0.4, -0.2) is 20.0 Å². The fraction of sp³-hybridized carbons (Fsp3) is 0.417. The average Bonchev–Trinajstić information content (AvgIpc) is 2.27. The molecule has 0 aliphatic carbocycles. The molecule has 0 aliphatic rings. The lowest BCUT2D eigenvalue weighted by Gasteiger charge is -2.09. The zero-order valence-electron chi connectivity index (χ0n) is 9.81. The standard InChI is InChI=1S/C12H15ClO3S/c1-3-9(2)11(14)8-17(15,16)12-7-5-4-6-10(12)13/h4-7,9H,3,8H2,1-2H3. The van der Waals surface area contributed by atoms with Gasteiger partial charge in [0.1, 0.15) is 5.75 Å². The summed E-state index contributed by atoms with van der Waals surface area (Å²) in [5.41, 5.74) is 0. The quantitative estimate of drug-likeness (QED) is 0.830. The van der Waals surface area contributed by atoms with Crippen molar-refractivity contribution in [1.82, 2.24) is 0 Å². The number of hydrogen-bond donors (Lipinski definition) is 0. The third kappa shape index (κ3) is 3.54. The predicted molar refractivity (Wildman–Crippen MR) is 68.0 cm³/mol. The lowest BCUT2D eigenvalue weighted by atomic mass is 10.1. The first-order valence-corrected chi connectivity index (χ1v) is 7.41. The van der Waals surface area contributed by atoms with Crippen LogP contribution >= 0.6 is 11.6 Å². The lowest BCUT2D eigenvalue weighted by Crippen LogP contribution is -2.21. The number of Topliss-reactive ketones (excluding diaryl/α,β-unsaturated/α-hetero) is 1. The first-order chi connectivity index (χ1) is 7.88. The second kappa shape index (κ2) is 5.65. The van der Waals surface area contributed by atoms with E-state index >= 15 is 0 Å². The molecule has 1 rings (SSSR count). The maximum atomic E-state index is 12.0. The Labute approximate surface area is 107 Å².